The SMILES string of the molecule is O=c1c2ccncc2ncn1Cc1ccc(-c2cnc3ccccc3c2)cc1. The van der Waals surface area contributed by atoms with E-state index in [-0.39, 0.29) is 5.56 Å². The summed E-state index contributed by atoms with van der Waals surface area (Å²) in [5.74, 6) is 0. The number of fused-ring (bicyclic) bond motifs is 2. The first-order chi connectivity index (χ1) is 13.8. The van der Waals surface area contributed by atoms with Crippen molar-refractivity contribution in [3.8, 4) is 11.1 Å². The van der Waals surface area contributed by atoms with Gasteiger partial charge in [-0.1, -0.05) is 42.5 Å². The molecule has 0 fully saturated rings. The van der Waals surface area contributed by atoms with E-state index in [0.29, 0.717) is 17.4 Å². The van der Waals surface area contributed by atoms with Gasteiger partial charge >= 0.3 is 0 Å². The second-order valence-corrected chi connectivity index (χ2v) is 6.68. The number of hydrogen-bond donors (Lipinski definition) is 0. The van der Waals surface area contributed by atoms with Gasteiger partial charge in [-0.25, -0.2) is 4.98 Å². The lowest BCUT2D eigenvalue weighted by Crippen LogP contribution is -2.21. The van der Waals surface area contributed by atoms with Crippen LogP contribution < -0.4 is 5.56 Å². The minimum Gasteiger partial charge on any atom is -0.294 e. The van der Waals surface area contributed by atoms with Crippen molar-refractivity contribution >= 4 is 21.8 Å². The smallest absolute Gasteiger partial charge is 0.261 e. The van der Waals surface area contributed by atoms with Gasteiger partial charge in [-0.15, -0.1) is 0 Å². The Kier molecular flexibility index (Phi) is 3.91. The number of pyridine rings is 2. The first-order valence-corrected chi connectivity index (χ1v) is 9.01. The molecule has 5 heteroatoms. The van der Waals surface area contributed by atoms with E-state index in [4.69, 9.17) is 0 Å². The third kappa shape index (κ3) is 2.93. The predicted molar refractivity (Wildman–Crippen MR) is 110 cm³/mol. The summed E-state index contributed by atoms with van der Waals surface area (Å²) >= 11 is 0. The summed E-state index contributed by atoms with van der Waals surface area (Å²) in [4.78, 5) is 25.5. The quantitative estimate of drug-likeness (QED) is 0.484. The molecule has 0 amide bonds. The monoisotopic (exact) mass is 364 g/mol. The van der Waals surface area contributed by atoms with Crippen LogP contribution >= 0.6 is 0 Å². The normalized spacial score (nSPS) is 11.1. The highest BCUT2D eigenvalue weighted by Gasteiger charge is 2.06. The molecule has 0 aliphatic rings. The Morgan fingerprint density at radius 1 is 0.821 bits per heavy atom. The molecule has 0 aliphatic carbocycles. The van der Waals surface area contributed by atoms with Gasteiger partial charge in [0.25, 0.3) is 5.56 Å². The molecule has 0 saturated carbocycles. The number of hydrogen-bond acceptors (Lipinski definition) is 4. The highest BCUT2D eigenvalue weighted by molar-refractivity contribution is 5.83. The lowest BCUT2D eigenvalue weighted by molar-refractivity contribution is 0.748. The molecule has 0 unspecified atom stereocenters. The van der Waals surface area contributed by atoms with E-state index in [0.717, 1.165) is 27.6 Å². The molecule has 3 heterocycles. The predicted octanol–water partition coefficient (Wildman–Crippen LogP) is 4.06. The van der Waals surface area contributed by atoms with E-state index in [1.165, 1.54) is 0 Å². The van der Waals surface area contributed by atoms with Crippen LogP contribution in [0.1, 0.15) is 5.56 Å². The number of nitrogens with zero attached hydrogens (tertiary/aromatic N) is 4. The molecule has 0 atom stereocenters. The van der Waals surface area contributed by atoms with Crippen molar-refractivity contribution in [3.63, 3.8) is 0 Å². The zero-order valence-corrected chi connectivity index (χ0v) is 15.0. The number of benzene rings is 2. The maximum absolute atomic E-state index is 12.6. The summed E-state index contributed by atoms with van der Waals surface area (Å²) in [7, 11) is 0. The van der Waals surface area contributed by atoms with Crippen molar-refractivity contribution in [1.82, 2.24) is 19.5 Å². The van der Waals surface area contributed by atoms with Gasteiger partial charge in [-0.05, 0) is 29.3 Å². The first-order valence-electron chi connectivity index (χ1n) is 9.01. The zero-order chi connectivity index (χ0) is 18.9. The maximum atomic E-state index is 12.6. The highest BCUT2D eigenvalue weighted by Crippen LogP contribution is 2.23. The Bertz CT molecular complexity index is 1360. The lowest BCUT2D eigenvalue weighted by Gasteiger charge is -2.08. The third-order valence-corrected chi connectivity index (χ3v) is 4.86. The van der Waals surface area contributed by atoms with Gasteiger partial charge in [0.1, 0.15) is 0 Å². The zero-order valence-electron chi connectivity index (χ0n) is 15.0. The summed E-state index contributed by atoms with van der Waals surface area (Å²) < 4.78 is 1.62. The highest BCUT2D eigenvalue weighted by atomic mass is 16.1. The van der Waals surface area contributed by atoms with Crippen molar-refractivity contribution < 1.29 is 0 Å². The third-order valence-electron chi connectivity index (χ3n) is 4.86. The van der Waals surface area contributed by atoms with Crippen LogP contribution in [0.2, 0.25) is 0 Å². The standard InChI is InChI=1S/C23H16N4O/c28-23-20-9-10-24-13-22(20)26-15-27(23)14-16-5-7-17(8-6-16)19-11-18-3-1-2-4-21(18)25-12-19/h1-13,15H,14H2. The molecule has 28 heavy (non-hydrogen) atoms. The van der Waals surface area contributed by atoms with Crippen molar-refractivity contribution in [2.24, 2.45) is 0 Å². The van der Waals surface area contributed by atoms with Gasteiger partial charge in [0, 0.05) is 23.3 Å². The second kappa shape index (κ2) is 6.70. The Morgan fingerprint density at radius 2 is 1.68 bits per heavy atom. The van der Waals surface area contributed by atoms with Crippen LogP contribution in [0.15, 0.2) is 90.4 Å². The van der Waals surface area contributed by atoms with E-state index < -0.39 is 0 Å². The molecule has 0 saturated heterocycles. The average molecular weight is 364 g/mol. The van der Waals surface area contributed by atoms with Crippen molar-refractivity contribution in [3.05, 3.63) is 101 Å². The molecule has 134 valence electrons. The number of aromatic nitrogens is 4. The molecule has 0 N–H and O–H groups in total. The first kappa shape index (κ1) is 16.3. The summed E-state index contributed by atoms with van der Waals surface area (Å²) in [6, 6.07) is 20.1. The van der Waals surface area contributed by atoms with Crippen LogP contribution in [0.5, 0.6) is 0 Å². The molecule has 0 spiro atoms. The fourth-order valence-electron chi connectivity index (χ4n) is 3.35. The second-order valence-electron chi connectivity index (χ2n) is 6.68. The fraction of sp³-hybridized carbons (Fsp3) is 0.0435. The molecule has 5 aromatic rings. The van der Waals surface area contributed by atoms with Crippen molar-refractivity contribution in [2.45, 2.75) is 6.54 Å². The molecular formula is C23H16N4O. The molecule has 5 rings (SSSR count). The Morgan fingerprint density at radius 3 is 2.57 bits per heavy atom. The average Bonchev–Trinajstić information content (AvgIpc) is 2.76. The molecule has 0 bridgehead atoms. The molecule has 5 nitrogen and oxygen atoms in total. The Balaban J connectivity index is 1.45. The Hall–Kier alpha value is -3.86. The lowest BCUT2D eigenvalue weighted by atomic mass is 10.0. The van der Waals surface area contributed by atoms with Gasteiger partial charge < -0.3 is 0 Å². The molecule has 3 aromatic heterocycles. The van der Waals surface area contributed by atoms with E-state index in [1.807, 2.05) is 36.5 Å². The van der Waals surface area contributed by atoms with Crippen LogP contribution in [0, 0.1) is 0 Å². The van der Waals surface area contributed by atoms with Gasteiger partial charge in [0.2, 0.25) is 0 Å². The summed E-state index contributed by atoms with van der Waals surface area (Å²) in [5.41, 5.74) is 4.74. The van der Waals surface area contributed by atoms with Crippen molar-refractivity contribution in [2.75, 3.05) is 0 Å². The van der Waals surface area contributed by atoms with Gasteiger partial charge in [0.05, 0.1) is 35.5 Å². The van der Waals surface area contributed by atoms with Gasteiger partial charge in [-0.2, -0.15) is 0 Å². The van der Waals surface area contributed by atoms with E-state index in [1.54, 1.807) is 29.4 Å². The van der Waals surface area contributed by atoms with Gasteiger partial charge in [0.15, 0.2) is 0 Å². The van der Waals surface area contributed by atoms with E-state index in [9.17, 15) is 4.79 Å². The number of para-hydroxylation sites is 1. The molecule has 0 aliphatic heterocycles. The number of rotatable bonds is 3. The largest absolute Gasteiger partial charge is 0.294 e. The Labute approximate surface area is 161 Å². The van der Waals surface area contributed by atoms with Crippen LogP contribution in [-0.4, -0.2) is 19.5 Å². The van der Waals surface area contributed by atoms with Crippen LogP contribution in [0.3, 0.4) is 0 Å². The molecular weight excluding hydrogens is 348 g/mol. The van der Waals surface area contributed by atoms with Crippen molar-refractivity contribution in [1.29, 1.82) is 0 Å². The van der Waals surface area contributed by atoms with Crippen LogP contribution in [-0.2, 0) is 6.54 Å². The molecule has 2 aromatic carbocycles. The summed E-state index contributed by atoms with van der Waals surface area (Å²) in [5, 5.41) is 1.70. The minimum absolute atomic E-state index is 0.0600. The summed E-state index contributed by atoms with van der Waals surface area (Å²) in [6.07, 6.45) is 6.69. The molecule has 0 radical (unpaired) electrons. The van der Waals surface area contributed by atoms with E-state index >= 15 is 0 Å². The topological polar surface area (TPSA) is 60.7 Å². The van der Waals surface area contributed by atoms with Crippen LogP contribution in [0.4, 0.5) is 0 Å². The van der Waals surface area contributed by atoms with E-state index in [2.05, 4.69) is 39.2 Å². The maximum Gasteiger partial charge on any atom is 0.261 e. The minimum atomic E-state index is -0.0600. The fourth-order valence-corrected chi connectivity index (χ4v) is 3.35. The van der Waals surface area contributed by atoms with Gasteiger partial charge in [-0.3, -0.25) is 19.3 Å². The van der Waals surface area contributed by atoms with Crippen LogP contribution in [0.25, 0.3) is 32.9 Å². The summed E-state index contributed by atoms with van der Waals surface area (Å²) in [6.45, 7) is 0.473.